The van der Waals surface area contributed by atoms with Crippen LogP contribution >= 0.6 is 0 Å². The fourth-order valence-electron chi connectivity index (χ4n) is 2.05. The lowest BCUT2D eigenvalue weighted by atomic mass is 10.1. The van der Waals surface area contributed by atoms with E-state index in [0.29, 0.717) is 11.3 Å². The van der Waals surface area contributed by atoms with Crippen molar-refractivity contribution in [3.05, 3.63) is 59.9 Å². The van der Waals surface area contributed by atoms with Gasteiger partial charge < -0.3 is 14.9 Å². The highest BCUT2D eigenvalue weighted by atomic mass is 16.4. The molecule has 0 aliphatic carbocycles. The van der Waals surface area contributed by atoms with Crippen LogP contribution in [0.2, 0.25) is 0 Å². The first-order valence-electron chi connectivity index (χ1n) is 6.27. The zero-order valence-electron chi connectivity index (χ0n) is 10.9. The highest BCUT2D eigenvalue weighted by molar-refractivity contribution is 6.07. The smallest absolute Gasteiger partial charge is 0.146 e. The molecule has 0 saturated carbocycles. The Morgan fingerprint density at radius 2 is 2.19 bits per heavy atom. The average Bonchev–Trinajstić information content (AvgIpc) is 2.91. The van der Waals surface area contributed by atoms with Gasteiger partial charge in [-0.2, -0.15) is 5.10 Å². The first kappa shape index (κ1) is 12.9. The van der Waals surface area contributed by atoms with Crippen molar-refractivity contribution in [3.8, 4) is 0 Å². The van der Waals surface area contributed by atoms with Gasteiger partial charge in [-0.15, -0.1) is 0 Å². The monoisotopic (exact) mass is 279 g/mol. The van der Waals surface area contributed by atoms with E-state index in [1.54, 1.807) is 30.7 Å². The van der Waals surface area contributed by atoms with E-state index >= 15 is 0 Å². The Bertz CT molecular complexity index is 809. The second kappa shape index (κ2) is 5.46. The minimum Gasteiger partial charge on any atom is -0.545 e. The number of aromatic carboxylic acids is 1. The first-order valence-corrected chi connectivity index (χ1v) is 6.27. The summed E-state index contributed by atoms with van der Waals surface area (Å²) in [6, 6.07) is 10.5. The molecule has 3 rings (SSSR count). The summed E-state index contributed by atoms with van der Waals surface area (Å²) < 4.78 is 0. The van der Waals surface area contributed by atoms with Crippen LogP contribution in [0.5, 0.6) is 0 Å². The van der Waals surface area contributed by atoms with E-state index in [1.165, 1.54) is 6.07 Å². The number of hydrogen-bond donors (Lipinski definition) is 2. The quantitative estimate of drug-likeness (QED) is 0.557. The summed E-state index contributed by atoms with van der Waals surface area (Å²) >= 11 is 0. The molecule has 0 amide bonds. The predicted molar refractivity (Wildman–Crippen MR) is 78.1 cm³/mol. The number of H-pyrrole nitrogens is 1. The fraction of sp³-hybridized carbons (Fsp3) is 0. The van der Waals surface area contributed by atoms with Crippen molar-refractivity contribution < 1.29 is 9.90 Å². The van der Waals surface area contributed by atoms with Crippen molar-refractivity contribution in [3.63, 3.8) is 0 Å². The largest absolute Gasteiger partial charge is 0.545 e. The minimum atomic E-state index is -1.21. The van der Waals surface area contributed by atoms with Crippen molar-refractivity contribution in [2.75, 3.05) is 5.43 Å². The molecule has 3 aromatic rings. The third-order valence-electron chi connectivity index (χ3n) is 3.02. The first-order chi connectivity index (χ1) is 10.3. The van der Waals surface area contributed by atoms with Gasteiger partial charge in [0.1, 0.15) is 5.82 Å². The second-order valence-electron chi connectivity index (χ2n) is 4.34. The maximum absolute atomic E-state index is 11.0. The van der Waals surface area contributed by atoms with Gasteiger partial charge in [0.15, 0.2) is 0 Å². The Morgan fingerprint density at radius 1 is 1.29 bits per heavy atom. The summed E-state index contributed by atoms with van der Waals surface area (Å²) in [7, 11) is 0. The Labute approximate surface area is 120 Å². The van der Waals surface area contributed by atoms with E-state index in [4.69, 9.17) is 0 Å². The van der Waals surface area contributed by atoms with E-state index in [-0.39, 0.29) is 5.56 Å². The molecule has 2 N–H and O–H groups in total. The van der Waals surface area contributed by atoms with Crippen LogP contribution in [0.15, 0.2) is 53.9 Å². The number of aromatic nitrogens is 2. The minimum absolute atomic E-state index is 0.129. The number of hydrogen-bond acceptors (Lipinski definition) is 5. The van der Waals surface area contributed by atoms with E-state index in [2.05, 4.69) is 20.5 Å². The van der Waals surface area contributed by atoms with Crippen LogP contribution in [0.4, 0.5) is 5.82 Å². The number of aromatic amines is 1. The third kappa shape index (κ3) is 2.59. The molecular weight excluding hydrogens is 268 g/mol. The average molecular weight is 279 g/mol. The van der Waals surface area contributed by atoms with Gasteiger partial charge in [-0.25, -0.2) is 4.98 Å². The molecule has 0 saturated heterocycles. The number of pyridine rings is 1. The summed E-state index contributed by atoms with van der Waals surface area (Å²) in [5.74, 6) is -0.582. The fourth-order valence-corrected chi connectivity index (χ4v) is 2.05. The van der Waals surface area contributed by atoms with Gasteiger partial charge in [-0.1, -0.05) is 24.3 Å². The lowest BCUT2D eigenvalue weighted by molar-refractivity contribution is -0.254. The molecule has 0 fully saturated rings. The molecule has 0 bridgehead atoms. The number of benzene rings is 1. The van der Waals surface area contributed by atoms with Gasteiger partial charge in [0, 0.05) is 28.9 Å². The number of rotatable bonds is 4. The lowest BCUT2D eigenvalue weighted by Gasteiger charge is -2.03. The van der Waals surface area contributed by atoms with Crippen molar-refractivity contribution in [2.24, 2.45) is 5.10 Å². The van der Waals surface area contributed by atoms with E-state index < -0.39 is 5.97 Å². The molecule has 0 spiro atoms. The van der Waals surface area contributed by atoms with Gasteiger partial charge in [0.2, 0.25) is 0 Å². The Balaban J connectivity index is 1.88. The van der Waals surface area contributed by atoms with Crippen molar-refractivity contribution in [1.82, 2.24) is 9.97 Å². The molecule has 0 radical (unpaired) electrons. The summed E-state index contributed by atoms with van der Waals surface area (Å²) in [5.41, 5.74) is 4.23. The molecule has 6 nitrogen and oxygen atoms in total. The Kier molecular flexibility index (Phi) is 3.34. The van der Waals surface area contributed by atoms with E-state index in [0.717, 1.165) is 10.9 Å². The zero-order valence-corrected chi connectivity index (χ0v) is 10.9. The number of anilines is 1. The van der Waals surface area contributed by atoms with Crippen LogP contribution < -0.4 is 10.5 Å². The number of hydrazone groups is 1. The molecule has 104 valence electrons. The molecule has 2 aromatic heterocycles. The van der Waals surface area contributed by atoms with Crippen molar-refractivity contribution >= 4 is 28.9 Å². The Morgan fingerprint density at radius 3 is 2.95 bits per heavy atom. The lowest BCUT2D eigenvalue weighted by Crippen LogP contribution is -2.22. The highest BCUT2D eigenvalue weighted by Gasteiger charge is 2.06. The molecule has 0 aliphatic heterocycles. The molecule has 0 unspecified atom stereocenters. The van der Waals surface area contributed by atoms with Crippen LogP contribution in [-0.4, -0.2) is 22.2 Å². The number of carboxylic acid groups (broad SMARTS) is 1. The number of nitrogens with zero attached hydrogens (tertiary/aromatic N) is 2. The number of carbonyl (C=O) groups excluding carboxylic acids is 1. The van der Waals surface area contributed by atoms with Gasteiger partial charge in [0.05, 0.1) is 17.7 Å². The number of carbonyl (C=O) groups is 1. The maximum atomic E-state index is 11.0. The molecule has 21 heavy (non-hydrogen) atoms. The van der Waals surface area contributed by atoms with Gasteiger partial charge in [0.25, 0.3) is 0 Å². The Hall–Kier alpha value is -3.15. The van der Waals surface area contributed by atoms with Crippen LogP contribution in [0, 0.1) is 0 Å². The number of nitrogens with one attached hydrogen (secondary N) is 2. The molecule has 0 atom stereocenters. The normalized spacial score (nSPS) is 11.0. The molecule has 1 aromatic carbocycles. The summed E-state index contributed by atoms with van der Waals surface area (Å²) in [4.78, 5) is 18.0. The van der Waals surface area contributed by atoms with Crippen molar-refractivity contribution in [2.45, 2.75) is 0 Å². The van der Waals surface area contributed by atoms with Crippen molar-refractivity contribution in [1.29, 1.82) is 0 Å². The zero-order chi connectivity index (χ0) is 14.7. The van der Waals surface area contributed by atoms with Crippen LogP contribution in [0.25, 0.3) is 10.9 Å². The van der Waals surface area contributed by atoms with E-state index in [1.807, 2.05) is 18.2 Å². The number of carboxylic acids is 1. The number of para-hydroxylation sites is 1. The number of fused-ring (bicyclic) bond motifs is 1. The molecular formula is C15H11N4O2-. The second-order valence-corrected chi connectivity index (χ2v) is 4.34. The topological polar surface area (TPSA) is 93.2 Å². The highest BCUT2D eigenvalue weighted by Crippen LogP contribution is 2.20. The molecule has 6 heteroatoms. The molecule has 0 aliphatic rings. The molecule has 2 heterocycles. The van der Waals surface area contributed by atoms with E-state index in [9.17, 15) is 9.90 Å². The van der Waals surface area contributed by atoms with Gasteiger partial charge >= 0.3 is 0 Å². The summed E-state index contributed by atoms with van der Waals surface area (Å²) in [5, 5.41) is 15.9. The summed E-state index contributed by atoms with van der Waals surface area (Å²) in [6.45, 7) is 0. The third-order valence-corrected chi connectivity index (χ3v) is 3.02. The van der Waals surface area contributed by atoms with Gasteiger partial charge in [-0.05, 0) is 12.1 Å². The SMILES string of the molecule is O=C([O-])c1cccc2c(/C=N/Nc3ccccn3)c[nH]c12. The van der Waals surface area contributed by atoms with Crippen LogP contribution in [0.3, 0.4) is 0 Å². The summed E-state index contributed by atoms with van der Waals surface area (Å²) in [6.07, 6.45) is 4.96. The van der Waals surface area contributed by atoms with Crippen LogP contribution in [-0.2, 0) is 0 Å². The van der Waals surface area contributed by atoms with Gasteiger partial charge in [-0.3, -0.25) is 5.43 Å². The standard InChI is InChI=1S/C15H12N4O2/c20-15(21)12-5-3-4-11-10(8-17-14(11)12)9-18-19-13-6-1-2-7-16-13/h1-9,17H,(H,16,19)(H,20,21)/p-1/b18-9+. The predicted octanol–water partition coefficient (Wildman–Crippen LogP) is 1.37. The van der Waals surface area contributed by atoms with Crippen LogP contribution in [0.1, 0.15) is 15.9 Å². The maximum Gasteiger partial charge on any atom is 0.146 e.